The number of non-ortho nitro benzene ring substituents is 1. The Bertz CT molecular complexity index is 620. The Labute approximate surface area is 120 Å². The maximum absolute atomic E-state index is 12.2. The van der Waals surface area contributed by atoms with Gasteiger partial charge in [0, 0.05) is 6.07 Å². The number of carbonyl (C=O) groups excluding carboxylic acids is 1. The van der Waals surface area contributed by atoms with Crippen LogP contribution in [0.4, 0.5) is 5.69 Å². The molecule has 21 heavy (non-hydrogen) atoms. The van der Waals surface area contributed by atoms with Crippen LogP contribution in [-0.4, -0.2) is 47.0 Å². The van der Waals surface area contributed by atoms with Crippen LogP contribution in [0.1, 0.15) is 10.4 Å². The molecule has 8 heteroatoms. The molecule has 1 amide bonds. The normalized spacial score (nSPS) is 9.52. The van der Waals surface area contributed by atoms with Gasteiger partial charge < -0.3 is 14.7 Å². The number of hydrogen-bond acceptors (Lipinski definition) is 5. The molecule has 0 fully saturated rings. The number of carboxylic acids is 1. The van der Waals surface area contributed by atoms with E-state index in [9.17, 15) is 19.7 Å². The molecule has 1 N–H and O–H groups in total. The fourth-order valence-corrected chi connectivity index (χ4v) is 1.61. The third-order valence-electron chi connectivity index (χ3n) is 2.52. The molecule has 0 bridgehead atoms. The summed E-state index contributed by atoms with van der Waals surface area (Å²) in [6.07, 6.45) is 5.10. The van der Waals surface area contributed by atoms with E-state index in [1.54, 1.807) is 0 Å². The Balaban J connectivity index is 3.18. The highest BCUT2D eigenvalue weighted by atomic mass is 16.6. The van der Waals surface area contributed by atoms with Crippen LogP contribution in [-0.2, 0) is 4.79 Å². The van der Waals surface area contributed by atoms with E-state index < -0.39 is 23.3 Å². The quantitative estimate of drug-likeness (QED) is 0.471. The second kappa shape index (κ2) is 6.91. The van der Waals surface area contributed by atoms with E-state index in [1.165, 1.54) is 13.2 Å². The molecule has 0 radical (unpaired) electrons. The van der Waals surface area contributed by atoms with Crippen molar-refractivity contribution in [3.8, 4) is 18.1 Å². The van der Waals surface area contributed by atoms with Crippen LogP contribution in [0.15, 0.2) is 18.2 Å². The maximum atomic E-state index is 12.2. The Hall–Kier alpha value is -3.08. The summed E-state index contributed by atoms with van der Waals surface area (Å²) in [5.74, 6) is 0.256. The zero-order valence-electron chi connectivity index (χ0n) is 11.1. The van der Waals surface area contributed by atoms with Gasteiger partial charge in [0.2, 0.25) is 0 Å². The number of nitro groups is 1. The molecule has 110 valence electrons. The minimum Gasteiger partial charge on any atom is -0.496 e. The average Bonchev–Trinajstić information content (AvgIpc) is 2.44. The van der Waals surface area contributed by atoms with E-state index in [1.807, 2.05) is 0 Å². The van der Waals surface area contributed by atoms with Gasteiger partial charge in [-0.3, -0.25) is 19.7 Å². The topological polar surface area (TPSA) is 110 Å². The number of nitrogens with zero attached hydrogens (tertiary/aromatic N) is 2. The number of rotatable bonds is 6. The molecule has 8 nitrogen and oxygen atoms in total. The molecule has 0 aliphatic heterocycles. The predicted molar refractivity (Wildman–Crippen MR) is 72.0 cm³/mol. The number of amides is 1. The van der Waals surface area contributed by atoms with Gasteiger partial charge in [-0.15, -0.1) is 6.42 Å². The first kappa shape index (κ1) is 16.0. The van der Waals surface area contributed by atoms with Gasteiger partial charge in [0.15, 0.2) is 0 Å². The molecule has 1 aromatic rings. The smallest absolute Gasteiger partial charge is 0.323 e. The Kier molecular flexibility index (Phi) is 5.25. The van der Waals surface area contributed by atoms with Gasteiger partial charge in [-0.25, -0.2) is 0 Å². The number of nitro benzene ring substituents is 1. The summed E-state index contributed by atoms with van der Waals surface area (Å²) >= 11 is 0. The lowest BCUT2D eigenvalue weighted by molar-refractivity contribution is -0.384. The van der Waals surface area contributed by atoms with Crippen molar-refractivity contribution >= 4 is 17.6 Å². The maximum Gasteiger partial charge on any atom is 0.323 e. The number of aliphatic carboxylic acids is 1. The largest absolute Gasteiger partial charge is 0.496 e. The van der Waals surface area contributed by atoms with Crippen molar-refractivity contribution in [3.05, 3.63) is 33.9 Å². The van der Waals surface area contributed by atoms with Crippen molar-refractivity contribution in [1.82, 2.24) is 4.90 Å². The molecule has 0 aliphatic rings. The fraction of sp³-hybridized carbons (Fsp3) is 0.231. The van der Waals surface area contributed by atoms with Gasteiger partial charge in [-0.2, -0.15) is 0 Å². The number of hydrogen-bond donors (Lipinski definition) is 1. The van der Waals surface area contributed by atoms with E-state index in [0.29, 0.717) is 0 Å². The summed E-state index contributed by atoms with van der Waals surface area (Å²) in [7, 11) is 1.25. The summed E-state index contributed by atoms with van der Waals surface area (Å²) in [6, 6.07) is 3.41. The number of carboxylic acid groups (broad SMARTS) is 1. The number of benzene rings is 1. The second-order valence-electron chi connectivity index (χ2n) is 3.90. The molecule has 0 atom stereocenters. The standard InChI is InChI=1S/C13H12N2O6/c1-3-6-14(8-12(16)17)13(18)10-5-4-9(15(19)20)7-11(10)21-2/h1,4-5,7H,6,8H2,2H3,(H,16,17). The Morgan fingerprint density at radius 1 is 1.52 bits per heavy atom. The van der Waals surface area contributed by atoms with E-state index in [-0.39, 0.29) is 23.5 Å². The molecule has 0 saturated heterocycles. The van der Waals surface area contributed by atoms with E-state index in [0.717, 1.165) is 17.0 Å². The first-order valence-electron chi connectivity index (χ1n) is 5.67. The molecule has 1 rings (SSSR count). The molecule has 0 unspecified atom stereocenters. The number of methoxy groups -OCH3 is 1. The first-order chi connectivity index (χ1) is 9.90. The van der Waals surface area contributed by atoms with Crippen LogP contribution in [0.3, 0.4) is 0 Å². The van der Waals surface area contributed by atoms with Crippen molar-refractivity contribution in [2.24, 2.45) is 0 Å². The second-order valence-corrected chi connectivity index (χ2v) is 3.90. The van der Waals surface area contributed by atoms with Gasteiger partial charge >= 0.3 is 5.97 Å². The third-order valence-corrected chi connectivity index (χ3v) is 2.52. The van der Waals surface area contributed by atoms with E-state index in [4.69, 9.17) is 16.3 Å². The minimum atomic E-state index is -1.22. The monoisotopic (exact) mass is 292 g/mol. The zero-order valence-corrected chi connectivity index (χ0v) is 11.1. The number of ether oxygens (including phenoxy) is 1. The van der Waals surface area contributed by atoms with Crippen LogP contribution in [0.2, 0.25) is 0 Å². The lowest BCUT2D eigenvalue weighted by atomic mass is 10.1. The van der Waals surface area contributed by atoms with E-state index in [2.05, 4.69) is 5.92 Å². The SMILES string of the molecule is C#CCN(CC(=O)O)C(=O)c1ccc([N+](=O)[O-])cc1OC. The van der Waals surface area contributed by atoms with Crippen molar-refractivity contribution < 1.29 is 24.4 Å². The molecule has 0 aliphatic carbocycles. The molecule has 0 aromatic heterocycles. The average molecular weight is 292 g/mol. The van der Waals surface area contributed by atoms with Crippen LogP contribution < -0.4 is 4.74 Å². The molecule has 0 heterocycles. The molecular weight excluding hydrogens is 280 g/mol. The third kappa shape index (κ3) is 3.94. The summed E-state index contributed by atoms with van der Waals surface area (Å²) in [5, 5.41) is 19.4. The lowest BCUT2D eigenvalue weighted by Crippen LogP contribution is -2.36. The molecule has 0 spiro atoms. The van der Waals surface area contributed by atoms with Gasteiger partial charge in [0.05, 0.1) is 30.2 Å². The Morgan fingerprint density at radius 3 is 2.67 bits per heavy atom. The minimum absolute atomic E-state index is 0.000370. The highest BCUT2D eigenvalue weighted by molar-refractivity contribution is 5.98. The van der Waals surface area contributed by atoms with E-state index >= 15 is 0 Å². The van der Waals surface area contributed by atoms with Crippen molar-refractivity contribution in [2.75, 3.05) is 20.2 Å². The highest BCUT2D eigenvalue weighted by Crippen LogP contribution is 2.25. The van der Waals surface area contributed by atoms with Crippen LogP contribution in [0.25, 0.3) is 0 Å². The summed E-state index contributed by atoms with van der Waals surface area (Å²) in [5.41, 5.74) is -0.246. The van der Waals surface area contributed by atoms with Crippen LogP contribution in [0.5, 0.6) is 5.75 Å². The summed E-state index contributed by atoms with van der Waals surface area (Å²) in [6.45, 7) is -0.783. The predicted octanol–water partition coefficient (Wildman–Crippen LogP) is 0.763. The number of terminal acetylenes is 1. The fourth-order valence-electron chi connectivity index (χ4n) is 1.61. The summed E-state index contributed by atoms with van der Waals surface area (Å²) < 4.78 is 4.94. The Morgan fingerprint density at radius 2 is 2.19 bits per heavy atom. The van der Waals surface area contributed by atoms with Gasteiger partial charge in [0.25, 0.3) is 11.6 Å². The molecular formula is C13H12N2O6. The van der Waals surface area contributed by atoms with Crippen molar-refractivity contribution in [2.45, 2.75) is 0 Å². The first-order valence-corrected chi connectivity index (χ1v) is 5.67. The van der Waals surface area contributed by atoms with Gasteiger partial charge in [-0.05, 0) is 6.07 Å². The molecule has 1 aromatic carbocycles. The van der Waals surface area contributed by atoms with Crippen LogP contribution in [0, 0.1) is 22.5 Å². The van der Waals surface area contributed by atoms with Crippen LogP contribution >= 0.6 is 0 Å². The molecule has 0 saturated carbocycles. The lowest BCUT2D eigenvalue weighted by Gasteiger charge is -2.19. The van der Waals surface area contributed by atoms with Crippen molar-refractivity contribution in [3.63, 3.8) is 0 Å². The van der Waals surface area contributed by atoms with Gasteiger partial charge in [-0.1, -0.05) is 5.92 Å². The van der Waals surface area contributed by atoms with Gasteiger partial charge in [0.1, 0.15) is 12.3 Å². The number of carbonyl (C=O) groups is 2. The highest BCUT2D eigenvalue weighted by Gasteiger charge is 2.23. The van der Waals surface area contributed by atoms with Crippen molar-refractivity contribution in [1.29, 1.82) is 0 Å². The zero-order chi connectivity index (χ0) is 16.0. The summed E-state index contributed by atoms with van der Waals surface area (Å²) in [4.78, 5) is 34.0.